The number of aryl methyl sites for hydroxylation is 2. The van der Waals surface area contributed by atoms with Crippen LogP contribution in [0.4, 0.5) is 29.2 Å². The van der Waals surface area contributed by atoms with Crippen LogP contribution in [0.5, 0.6) is 0 Å². The molecule has 2 heterocycles. The zero-order valence-corrected chi connectivity index (χ0v) is 15.2. The molecule has 1 aromatic heterocycles. The number of hydrazine groups is 1. The summed E-state index contributed by atoms with van der Waals surface area (Å²) in [5.74, 6) is -3.13. The second-order valence-electron chi connectivity index (χ2n) is 6.42. The topological polar surface area (TPSA) is 78.4 Å². The maximum atomic E-state index is 13.7. The van der Waals surface area contributed by atoms with Crippen LogP contribution < -0.4 is 15.3 Å². The number of halogens is 4. The van der Waals surface area contributed by atoms with E-state index in [0.29, 0.717) is 16.0 Å². The summed E-state index contributed by atoms with van der Waals surface area (Å²) in [6, 6.07) is 2.32. The number of aromatic nitrogens is 2. The van der Waals surface area contributed by atoms with Crippen molar-refractivity contribution in [2.24, 2.45) is 0 Å². The lowest BCUT2D eigenvalue weighted by atomic mass is 10.1. The van der Waals surface area contributed by atoms with Crippen LogP contribution >= 0.6 is 0 Å². The van der Waals surface area contributed by atoms with E-state index >= 15 is 0 Å². The van der Waals surface area contributed by atoms with Gasteiger partial charge in [-0.2, -0.15) is 13.2 Å². The van der Waals surface area contributed by atoms with Crippen molar-refractivity contribution in [3.63, 3.8) is 0 Å². The van der Waals surface area contributed by atoms with Gasteiger partial charge in [-0.3, -0.25) is 15.0 Å². The Morgan fingerprint density at radius 3 is 2.66 bits per heavy atom. The highest BCUT2D eigenvalue weighted by atomic mass is 19.4. The predicted octanol–water partition coefficient (Wildman–Crippen LogP) is 2.52. The first-order valence-electron chi connectivity index (χ1n) is 9.80. The van der Waals surface area contributed by atoms with Crippen molar-refractivity contribution >= 4 is 23.5 Å². The van der Waals surface area contributed by atoms with E-state index < -0.39 is 54.9 Å². The Kier molecular flexibility index (Phi) is 4.20. The number of alkyl halides is 3. The molecule has 1 unspecified atom stereocenters. The van der Waals surface area contributed by atoms with Crippen molar-refractivity contribution in [2.75, 3.05) is 16.9 Å². The summed E-state index contributed by atoms with van der Waals surface area (Å²) in [5.41, 5.74) is 0.709. The lowest BCUT2D eigenvalue weighted by Gasteiger charge is -2.27. The Balaban J connectivity index is 2.06. The van der Waals surface area contributed by atoms with Crippen LogP contribution in [-0.2, 0) is 15.8 Å². The largest absolute Gasteiger partial charge is 0.433 e. The first-order chi connectivity index (χ1) is 14.7. The second kappa shape index (κ2) is 7.30. The minimum atomic E-state index is -4.82. The van der Waals surface area contributed by atoms with Crippen molar-refractivity contribution in [1.29, 1.82) is 0 Å². The van der Waals surface area contributed by atoms with Gasteiger partial charge in [0.05, 0.1) is 6.42 Å². The zero-order chi connectivity index (χ0) is 24.0. The molecule has 0 saturated carbocycles. The monoisotopic (exact) mass is 414 g/mol. The Morgan fingerprint density at radius 2 is 2.03 bits per heavy atom. The van der Waals surface area contributed by atoms with Gasteiger partial charge in [-0.1, -0.05) is 0 Å². The Labute approximate surface area is 167 Å². The highest BCUT2D eigenvalue weighted by Crippen LogP contribution is 2.30. The Bertz CT molecular complexity index is 1080. The van der Waals surface area contributed by atoms with Crippen molar-refractivity contribution < 1.29 is 31.3 Å². The SMILES string of the molecule is [2H]C([2H])([2H])N(C(=O)C1CC(=O)NN1c1nc(C)cc(C(F)(F)F)n1)c1ccc(F)c(C)c1. The summed E-state index contributed by atoms with van der Waals surface area (Å²) in [6.45, 7) is -0.401. The van der Waals surface area contributed by atoms with E-state index in [9.17, 15) is 27.2 Å². The Hall–Kier alpha value is -3.24. The Morgan fingerprint density at radius 1 is 1.31 bits per heavy atom. The van der Waals surface area contributed by atoms with Crippen LogP contribution in [0.2, 0.25) is 0 Å². The lowest BCUT2D eigenvalue weighted by Crippen LogP contribution is -2.48. The molecule has 154 valence electrons. The molecule has 29 heavy (non-hydrogen) atoms. The smallest absolute Gasteiger partial charge is 0.314 e. The molecule has 1 atom stereocenters. The fraction of sp³-hybridized carbons (Fsp3) is 0.333. The molecular weight excluding hydrogens is 394 g/mol. The summed E-state index contributed by atoms with van der Waals surface area (Å²) in [5, 5.41) is 0.710. The average Bonchev–Trinajstić information content (AvgIpc) is 3.04. The van der Waals surface area contributed by atoms with E-state index in [1.54, 1.807) is 0 Å². The average molecular weight is 414 g/mol. The zero-order valence-electron chi connectivity index (χ0n) is 18.2. The van der Waals surface area contributed by atoms with Gasteiger partial charge in [-0.15, -0.1) is 0 Å². The first kappa shape index (κ1) is 16.7. The molecule has 3 rings (SSSR count). The van der Waals surface area contributed by atoms with Crippen LogP contribution in [-0.4, -0.2) is 34.8 Å². The summed E-state index contributed by atoms with van der Waals surface area (Å²) < 4.78 is 76.4. The summed E-state index contributed by atoms with van der Waals surface area (Å²) in [4.78, 5) is 32.9. The van der Waals surface area contributed by atoms with Gasteiger partial charge in [0.25, 0.3) is 5.91 Å². The number of nitrogens with zero attached hydrogens (tertiary/aromatic N) is 4. The summed E-state index contributed by atoms with van der Waals surface area (Å²) in [7, 11) is 0. The quantitative estimate of drug-likeness (QED) is 0.781. The van der Waals surface area contributed by atoms with E-state index in [1.165, 1.54) is 13.8 Å². The van der Waals surface area contributed by atoms with Gasteiger partial charge in [-0.05, 0) is 43.7 Å². The van der Waals surface area contributed by atoms with Crippen LogP contribution in [0.1, 0.15) is 27.5 Å². The van der Waals surface area contributed by atoms with Gasteiger partial charge in [-0.25, -0.2) is 19.4 Å². The van der Waals surface area contributed by atoms with Crippen molar-refractivity contribution in [2.45, 2.75) is 32.5 Å². The summed E-state index contributed by atoms with van der Waals surface area (Å²) in [6.07, 6.45) is -5.37. The van der Waals surface area contributed by atoms with E-state index in [1.807, 2.05) is 0 Å². The number of carbonyl (C=O) groups is 2. The van der Waals surface area contributed by atoms with Crippen LogP contribution in [0.15, 0.2) is 24.3 Å². The number of anilines is 2. The molecule has 0 radical (unpaired) electrons. The normalized spacial score (nSPS) is 18.7. The van der Waals surface area contributed by atoms with E-state index in [4.69, 9.17) is 4.11 Å². The van der Waals surface area contributed by atoms with E-state index in [0.717, 1.165) is 18.2 Å². The molecule has 1 fully saturated rings. The van der Waals surface area contributed by atoms with Crippen LogP contribution in [0.3, 0.4) is 0 Å². The molecule has 1 aliphatic rings. The highest BCUT2D eigenvalue weighted by Gasteiger charge is 2.41. The van der Waals surface area contributed by atoms with Crippen molar-refractivity contribution in [3.8, 4) is 0 Å². The van der Waals surface area contributed by atoms with Gasteiger partial charge in [0, 0.05) is 22.5 Å². The van der Waals surface area contributed by atoms with Gasteiger partial charge in [0.15, 0.2) is 0 Å². The molecule has 0 aliphatic carbocycles. The number of rotatable bonds is 3. The second-order valence-corrected chi connectivity index (χ2v) is 6.42. The molecule has 7 nitrogen and oxygen atoms in total. The molecule has 0 spiro atoms. The molecular formula is C18H17F4N5O2. The standard InChI is InChI=1S/C18H17F4N5O2/c1-9-6-11(4-5-12(9)19)26(3)16(29)13-8-15(28)25-27(13)17-23-10(2)7-14(24-17)18(20,21)22/h4-7,13H,8H2,1-3H3,(H,25,28)/i3D3. The molecule has 1 aliphatic heterocycles. The fourth-order valence-corrected chi connectivity index (χ4v) is 2.76. The molecule has 11 heteroatoms. The minimum Gasteiger partial charge on any atom is -0.314 e. The molecule has 1 N–H and O–H groups in total. The predicted molar refractivity (Wildman–Crippen MR) is 95.3 cm³/mol. The molecule has 1 aromatic carbocycles. The molecule has 2 amide bonds. The first-order valence-corrected chi connectivity index (χ1v) is 8.30. The number of hydrogen-bond donors (Lipinski definition) is 1. The maximum absolute atomic E-state index is 13.7. The van der Waals surface area contributed by atoms with Gasteiger partial charge >= 0.3 is 6.18 Å². The number of hydrogen-bond acceptors (Lipinski definition) is 5. The van der Waals surface area contributed by atoms with Gasteiger partial charge < -0.3 is 4.90 Å². The molecule has 2 aromatic rings. The highest BCUT2D eigenvalue weighted by molar-refractivity contribution is 6.03. The van der Waals surface area contributed by atoms with E-state index in [-0.39, 0.29) is 16.9 Å². The van der Waals surface area contributed by atoms with E-state index in [2.05, 4.69) is 15.4 Å². The minimum absolute atomic E-state index is 0.0684. The number of carbonyl (C=O) groups excluding carboxylic acids is 2. The number of nitrogens with one attached hydrogen (secondary N) is 1. The van der Waals surface area contributed by atoms with Crippen LogP contribution in [0.25, 0.3) is 0 Å². The van der Waals surface area contributed by atoms with Gasteiger partial charge in [0.2, 0.25) is 11.9 Å². The lowest BCUT2D eigenvalue weighted by molar-refractivity contribution is -0.141. The van der Waals surface area contributed by atoms with Crippen molar-refractivity contribution in [3.05, 3.63) is 47.0 Å². The van der Waals surface area contributed by atoms with Crippen molar-refractivity contribution in [1.82, 2.24) is 15.4 Å². The third-order valence-corrected chi connectivity index (χ3v) is 4.19. The number of likely N-dealkylation sites (N-methyl/N-ethyl adjacent to an activating group) is 1. The third kappa shape index (κ3) is 4.13. The van der Waals surface area contributed by atoms with Gasteiger partial charge in [0.1, 0.15) is 17.6 Å². The maximum Gasteiger partial charge on any atom is 0.433 e. The molecule has 1 saturated heterocycles. The van der Waals surface area contributed by atoms with Crippen LogP contribution in [0, 0.1) is 19.7 Å². The fourth-order valence-electron chi connectivity index (χ4n) is 2.76. The summed E-state index contributed by atoms with van der Waals surface area (Å²) >= 11 is 0. The third-order valence-electron chi connectivity index (χ3n) is 4.19. The number of benzene rings is 1. The number of amides is 2. The molecule has 0 bridgehead atoms.